The minimum atomic E-state index is -0.914. The third-order valence-corrected chi connectivity index (χ3v) is 3.77. The van der Waals surface area contributed by atoms with Gasteiger partial charge < -0.3 is 19.7 Å². The first-order valence-corrected chi connectivity index (χ1v) is 8.40. The summed E-state index contributed by atoms with van der Waals surface area (Å²) in [6.45, 7) is 10.3. The van der Waals surface area contributed by atoms with Crippen molar-refractivity contribution in [2.75, 3.05) is 6.61 Å². The molecule has 0 aromatic heterocycles. The van der Waals surface area contributed by atoms with Gasteiger partial charge in [-0.2, -0.15) is 0 Å². The smallest absolute Gasteiger partial charge is 0.149 e. The second kappa shape index (κ2) is 5.52. The summed E-state index contributed by atoms with van der Waals surface area (Å²) < 4.78 is 11.3. The Morgan fingerprint density at radius 1 is 1.35 bits per heavy atom. The Hall–Kier alpha value is -0.363. The molecule has 1 radical (unpaired) electrons. The minimum absolute atomic E-state index is 0.276. The summed E-state index contributed by atoms with van der Waals surface area (Å²) in [5.41, 5.74) is -0.276. The predicted molar refractivity (Wildman–Crippen MR) is 68.2 cm³/mol. The molecule has 0 aliphatic carbocycles. The molecule has 5 heteroatoms. The van der Waals surface area contributed by atoms with E-state index in [1.165, 1.54) is 0 Å². The molecule has 1 heterocycles. The van der Waals surface area contributed by atoms with Gasteiger partial charge in [0.1, 0.15) is 27.1 Å². The van der Waals surface area contributed by atoms with E-state index in [1.54, 1.807) is 6.08 Å². The number of hydrogen-bond donors (Lipinski definition) is 2. The normalized spacial score (nSPS) is 30.1. The first kappa shape index (κ1) is 14.7. The first-order valence-electron chi connectivity index (χ1n) is 5.90. The lowest BCUT2D eigenvalue weighted by Crippen LogP contribution is -2.46. The van der Waals surface area contributed by atoms with E-state index < -0.39 is 27.1 Å². The lowest BCUT2D eigenvalue weighted by atomic mass is 10.1. The summed E-state index contributed by atoms with van der Waals surface area (Å²) in [4.78, 5) is 0. The highest BCUT2D eigenvalue weighted by Gasteiger charge is 2.34. The van der Waals surface area contributed by atoms with Crippen molar-refractivity contribution in [2.24, 2.45) is 0 Å². The van der Waals surface area contributed by atoms with Crippen molar-refractivity contribution in [3.63, 3.8) is 0 Å². The zero-order valence-corrected chi connectivity index (χ0v) is 12.2. The van der Waals surface area contributed by atoms with Gasteiger partial charge in [0.25, 0.3) is 0 Å². The van der Waals surface area contributed by atoms with E-state index in [1.807, 2.05) is 20.8 Å². The number of ether oxygens (including phenoxy) is 2. The van der Waals surface area contributed by atoms with Crippen molar-refractivity contribution < 1.29 is 19.7 Å². The fourth-order valence-corrected chi connectivity index (χ4v) is 2.39. The molecule has 0 bridgehead atoms. The molecule has 0 unspecified atom stereocenters. The molecule has 17 heavy (non-hydrogen) atoms. The van der Waals surface area contributed by atoms with Gasteiger partial charge in [0.15, 0.2) is 0 Å². The largest absolute Gasteiger partial charge is 0.495 e. The molecule has 1 aliphatic heterocycles. The highest BCUT2D eigenvalue weighted by molar-refractivity contribution is 6.63. The molecule has 0 saturated heterocycles. The van der Waals surface area contributed by atoms with Crippen molar-refractivity contribution in [3.05, 3.63) is 11.5 Å². The molecule has 4 nitrogen and oxygen atoms in total. The maximum absolute atomic E-state index is 9.85. The SMILES string of the molecule is C[Si](C)C1=C[C@@H](O)[C@H](O)[C@@H](COC(C)(C)C)O1. The summed E-state index contributed by atoms with van der Waals surface area (Å²) in [5.74, 6) is 0. The third kappa shape index (κ3) is 4.42. The van der Waals surface area contributed by atoms with Crippen LogP contribution >= 0.6 is 0 Å². The van der Waals surface area contributed by atoms with Gasteiger partial charge in [0, 0.05) is 0 Å². The van der Waals surface area contributed by atoms with Gasteiger partial charge in [0.2, 0.25) is 0 Å². The second-order valence-corrected chi connectivity index (χ2v) is 8.08. The maximum atomic E-state index is 9.85. The molecule has 1 rings (SSSR count). The highest BCUT2D eigenvalue weighted by Crippen LogP contribution is 2.22. The van der Waals surface area contributed by atoms with Gasteiger partial charge in [-0.15, -0.1) is 0 Å². The van der Waals surface area contributed by atoms with Crippen LogP contribution in [0, 0.1) is 0 Å². The summed E-state index contributed by atoms with van der Waals surface area (Å²) >= 11 is 0. The van der Waals surface area contributed by atoms with Gasteiger partial charge in [-0.25, -0.2) is 0 Å². The molecule has 0 aromatic rings. The van der Waals surface area contributed by atoms with Crippen LogP contribution in [0.15, 0.2) is 11.5 Å². The number of aliphatic hydroxyl groups excluding tert-OH is 2. The molecule has 0 saturated carbocycles. The molecule has 0 amide bonds. The fourth-order valence-electron chi connectivity index (χ4n) is 1.49. The average Bonchev–Trinajstić information content (AvgIpc) is 2.18. The topological polar surface area (TPSA) is 58.9 Å². The van der Waals surface area contributed by atoms with Gasteiger partial charge in [-0.05, 0) is 26.8 Å². The van der Waals surface area contributed by atoms with Gasteiger partial charge in [0.05, 0.1) is 17.6 Å². The van der Waals surface area contributed by atoms with E-state index >= 15 is 0 Å². The van der Waals surface area contributed by atoms with Crippen molar-refractivity contribution in [1.29, 1.82) is 0 Å². The summed E-state index contributed by atoms with van der Waals surface area (Å²) in [5, 5.41) is 20.4. The van der Waals surface area contributed by atoms with E-state index in [4.69, 9.17) is 9.47 Å². The third-order valence-electron chi connectivity index (χ3n) is 2.50. The molecule has 0 spiro atoms. The Labute approximate surface area is 105 Å². The molecule has 0 aromatic carbocycles. The standard InChI is InChI=1S/C12H23O4Si/c1-12(2,3)15-7-9-11(14)8(13)6-10(16-9)17(4)5/h6,8-9,11,13-14H,7H2,1-5H3/t8-,9-,11+/m1/s1. The van der Waals surface area contributed by atoms with E-state index in [-0.39, 0.29) is 12.2 Å². The van der Waals surface area contributed by atoms with E-state index in [9.17, 15) is 10.2 Å². The quantitative estimate of drug-likeness (QED) is 0.745. The Kier molecular flexibility index (Phi) is 4.77. The van der Waals surface area contributed by atoms with Crippen LogP contribution in [0.4, 0.5) is 0 Å². The number of aliphatic hydroxyl groups is 2. The summed E-state index contributed by atoms with van der Waals surface area (Å²) in [7, 11) is -0.764. The van der Waals surface area contributed by atoms with Crippen LogP contribution in [0.1, 0.15) is 20.8 Å². The zero-order valence-electron chi connectivity index (χ0n) is 11.2. The van der Waals surface area contributed by atoms with E-state index in [0.29, 0.717) is 0 Å². The van der Waals surface area contributed by atoms with E-state index in [0.717, 1.165) is 5.38 Å². The van der Waals surface area contributed by atoms with Crippen LogP contribution in [-0.4, -0.2) is 49.5 Å². The molecule has 99 valence electrons. The zero-order chi connectivity index (χ0) is 13.2. The molecular weight excluding hydrogens is 236 g/mol. The van der Waals surface area contributed by atoms with Crippen molar-refractivity contribution in [1.82, 2.24) is 0 Å². The van der Waals surface area contributed by atoms with Crippen LogP contribution in [0.2, 0.25) is 13.1 Å². The van der Waals surface area contributed by atoms with Crippen molar-refractivity contribution in [3.8, 4) is 0 Å². The Morgan fingerprint density at radius 3 is 2.41 bits per heavy atom. The van der Waals surface area contributed by atoms with Crippen LogP contribution < -0.4 is 0 Å². The number of hydrogen-bond acceptors (Lipinski definition) is 4. The Balaban J connectivity index is 2.64. The Morgan fingerprint density at radius 2 is 1.94 bits per heavy atom. The van der Waals surface area contributed by atoms with Gasteiger partial charge in [-0.1, -0.05) is 13.1 Å². The Bertz CT molecular complexity index is 283. The van der Waals surface area contributed by atoms with Gasteiger partial charge in [-0.3, -0.25) is 0 Å². The van der Waals surface area contributed by atoms with Crippen LogP contribution in [0.25, 0.3) is 0 Å². The number of rotatable bonds is 3. The highest BCUT2D eigenvalue weighted by atomic mass is 28.3. The van der Waals surface area contributed by atoms with Crippen LogP contribution in [0.5, 0.6) is 0 Å². The lowest BCUT2D eigenvalue weighted by molar-refractivity contribution is -0.122. The minimum Gasteiger partial charge on any atom is -0.495 e. The molecular formula is C12H23O4Si. The predicted octanol–water partition coefficient (Wildman–Crippen LogP) is 1.10. The lowest BCUT2D eigenvalue weighted by Gasteiger charge is -2.34. The first-order chi connectivity index (χ1) is 7.70. The monoisotopic (exact) mass is 259 g/mol. The summed E-state index contributed by atoms with van der Waals surface area (Å²) in [6.07, 6.45) is -0.634. The molecule has 2 N–H and O–H groups in total. The molecule has 0 fully saturated rings. The van der Waals surface area contributed by atoms with Crippen LogP contribution in [0.3, 0.4) is 0 Å². The second-order valence-electron chi connectivity index (χ2n) is 5.59. The van der Waals surface area contributed by atoms with Crippen molar-refractivity contribution >= 4 is 8.80 Å². The maximum Gasteiger partial charge on any atom is 0.149 e. The molecule has 1 aliphatic rings. The fraction of sp³-hybridized carbons (Fsp3) is 0.833. The summed E-state index contributed by atoms with van der Waals surface area (Å²) in [6, 6.07) is 0. The average molecular weight is 259 g/mol. The van der Waals surface area contributed by atoms with E-state index in [2.05, 4.69) is 13.1 Å². The molecule has 3 atom stereocenters. The van der Waals surface area contributed by atoms with Crippen LogP contribution in [-0.2, 0) is 9.47 Å². The van der Waals surface area contributed by atoms with Crippen molar-refractivity contribution in [2.45, 2.75) is 57.8 Å². The van der Waals surface area contributed by atoms with Gasteiger partial charge >= 0.3 is 0 Å².